The van der Waals surface area contributed by atoms with Crippen LogP contribution in [0.5, 0.6) is 0 Å². The molecule has 0 aromatic rings. The number of rotatable bonds is 5. The normalized spacial score (nSPS) is 26.3. The molecule has 1 heterocycles. The third-order valence-corrected chi connectivity index (χ3v) is 5.47. The van der Waals surface area contributed by atoms with Crippen molar-refractivity contribution in [3.8, 4) is 0 Å². The minimum absolute atomic E-state index is 0.0372. The highest BCUT2D eigenvalue weighted by molar-refractivity contribution is 5.79. The minimum Gasteiger partial charge on any atom is -0.376 e. The van der Waals surface area contributed by atoms with Gasteiger partial charge in [-0.2, -0.15) is 0 Å². The summed E-state index contributed by atoms with van der Waals surface area (Å²) in [5, 5.41) is 0. The summed E-state index contributed by atoms with van der Waals surface area (Å²) in [5.41, 5.74) is 0.358. The molecule has 1 amide bonds. The van der Waals surface area contributed by atoms with Gasteiger partial charge in [0.05, 0.1) is 5.60 Å². The molecule has 3 heteroatoms. The first-order valence-electron chi connectivity index (χ1n) is 9.96. The summed E-state index contributed by atoms with van der Waals surface area (Å²) in [6, 6.07) is 0. The largest absolute Gasteiger partial charge is 0.376 e. The Hall–Kier alpha value is -0.570. The zero-order valence-electron chi connectivity index (χ0n) is 16.9. The number of nitrogens with zero attached hydrogens (tertiary/aromatic N) is 1. The van der Waals surface area contributed by atoms with Crippen LogP contribution >= 0.6 is 0 Å². The standard InChI is InChI=1S/C21H39NO2/c1-20(2,3)15-17-13-18(14-17)19(23)22-10-7-16(8-11-22)9-12-24-21(4,5)6/h16-18H,7-15H2,1-6H3. The molecule has 0 radical (unpaired) electrons. The van der Waals surface area contributed by atoms with Gasteiger partial charge in [-0.1, -0.05) is 20.8 Å². The molecule has 24 heavy (non-hydrogen) atoms. The fourth-order valence-corrected chi connectivity index (χ4v) is 4.20. The summed E-state index contributed by atoms with van der Waals surface area (Å²) in [7, 11) is 0. The summed E-state index contributed by atoms with van der Waals surface area (Å²) >= 11 is 0. The van der Waals surface area contributed by atoms with Gasteiger partial charge in [-0.25, -0.2) is 0 Å². The second kappa shape index (κ2) is 7.76. The molecule has 1 aliphatic heterocycles. The topological polar surface area (TPSA) is 29.5 Å². The highest BCUT2D eigenvalue weighted by Crippen LogP contribution is 2.42. The summed E-state index contributed by atoms with van der Waals surface area (Å²) in [4.78, 5) is 14.8. The van der Waals surface area contributed by atoms with Gasteiger partial charge in [0.15, 0.2) is 0 Å². The van der Waals surface area contributed by atoms with Crippen LogP contribution in [0.1, 0.15) is 80.1 Å². The van der Waals surface area contributed by atoms with Crippen LogP contribution in [0.3, 0.4) is 0 Å². The number of carbonyl (C=O) groups is 1. The van der Waals surface area contributed by atoms with Crippen LogP contribution in [-0.4, -0.2) is 36.1 Å². The lowest BCUT2D eigenvalue weighted by Gasteiger charge is -2.42. The van der Waals surface area contributed by atoms with Crippen molar-refractivity contribution < 1.29 is 9.53 Å². The number of hydrogen-bond donors (Lipinski definition) is 0. The van der Waals surface area contributed by atoms with E-state index in [4.69, 9.17) is 4.74 Å². The lowest BCUT2D eigenvalue weighted by molar-refractivity contribution is -0.142. The molecule has 2 fully saturated rings. The van der Waals surface area contributed by atoms with Gasteiger partial charge in [0.1, 0.15) is 0 Å². The Morgan fingerprint density at radius 2 is 1.58 bits per heavy atom. The molecule has 2 aliphatic rings. The first kappa shape index (κ1) is 19.8. The smallest absolute Gasteiger partial charge is 0.225 e. The van der Waals surface area contributed by atoms with Crippen LogP contribution < -0.4 is 0 Å². The molecule has 0 atom stereocenters. The molecule has 1 saturated carbocycles. The highest BCUT2D eigenvalue weighted by atomic mass is 16.5. The minimum atomic E-state index is -0.0372. The van der Waals surface area contributed by atoms with Gasteiger partial charge in [0.2, 0.25) is 5.91 Å². The predicted octanol–water partition coefficient (Wildman–Crippen LogP) is 4.89. The van der Waals surface area contributed by atoms with Crippen LogP contribution in [0, 0.1) is 23.2 Å². The summed E-state index contributed by atoms with van der Waals surface area (Å²) in [5.74, 6) is 2.25. The zero-order valence-corrected chi connectivity index (χ0v) is 16.9. The molecule has 0 spiro atoms. The van der Waals surface area contributed by atoms with Gasteiger partial charge in [-0.3, -0.25) is 4.79 Å². The van der Waals surface area contributed by atoms with Crippen molar-refractivity contribution in [2.75, 3.05) is 19.7 Å². The third-order valence-electron chi connectivity index (χ3n) is 5.47. The molecule has 2 rings (SSSR count). The number of carbonyl (C=O) groups excluding carboxylic acids is 1. The molecule has 1 aliphatic carbocycles. The maximum Gasteiger partial charge on any atom is 0.225 e. The van der Waals surface area contributed by atoms with E-state index in [1.54, 1.807) is 0 Å². The van der Waals surface area contributed by atoms with Gasteiger partial charge in [0, 0.05) is 25.6 Å². The van der Waals surface area contributed by atoms with E-state index in [1.165, 1.54) is 6.42 Å². The van der Waals surface area contributed by atoms with E-state index in [1.807, 2.05) is 0 Å². The monoisotopic (exact) mass is 337 g/mol. The average molecular weight is 338 g/mol. The van der Waals surface area contributed by atoms with Gasteiger partial charge in [-0.15, -0.1) is 0 Å². The second-order valence-electron chi connectivity index (χ2n) is 10.3. The van der Waals surface area contributed by atoms with E-state index < -0.39 is 0 Å². The maximum atomic E-state index is 12.6. The molecule has 3 nitrogen and oxygen atoms in total. The van der Waals surface area contributed by atoms with Crippen LogP contribution in [0.15, 0.2) is 0 Å². The third kappa shape index (κ3) is 6.38. The van der Waals surface area contributed by atoms with E-state index >= 15 is 0 Å². The van der Waals surface area contributed by atoms with E-state index in [0.717, 1.165) is 63.6 Å². The highest BCUT2D eigenvalue weighted by Gasteiger charge is 2.38. The predicted molar refractivity (Wildman–Crippen MR) is 99.9 cm³/mol. The number of likely N-dealkylation sites (tertiary alicyclic amines) is 1. The van der Waals surface area contributed by atoms with E-state index in [0.29, 0.717) is 17.2 Å². The van der Waals surface area contributed by atoms with Crippen molar-refractivity contribution in [3.63, 3.8) is 0 Å². The van der Waals surface area contributed by atoms with Crippen LogP contribution in [0.2, 0.25) is 0 Å². The molecule has 140 valence electrons. The van der Waals surface area contributed by atoms with Crippen molar-refractivity contribution in [1.82, 2.24) is 4.90 Å². The number of hydrogen-bond acceptors (Lipinski definition) is 2. The van der Waals surface area contributed by atoms with Crippen molar-refractivity contribution in [2.45, 2.75) is 85.7 Å². The molecule has 0 unspecified atom stereocenters. The fourth-order valence-electron chi connectivity index (χ4n) is 4.20. The quantitative estimate of drug-likeness (QED) is 0.714. The summed E-state index contributed by atoms with van der Waals surface area (Å²) in [6.45, 7) is 16.0. The van der Waals surface area contributed by atoms with E-state index in [-0.39, 0.29) is 5.60 Å². The lowest BCUT2D eigenvalue weighted by Crippen LogP contribution is -2.46. The van der Waals surface area contributed by atoms with Crippen LogP contribution in [0.4, 0.5) is 0 Å². The molecule has 0 N–H and O–H groups in total. The molecule has 1 saturated heterocycles. The summed E-state index contributed by atoms with van der Waals surface area (Å²) in [6.07, 6.45) is 6.93. The van der Waals surface area contributed by atoms with E-state index in [9.17, 15) is 4.79 Å². The number of ether oxygens (including phenoxy) is 1. The van der Waals surface area contributed by atoms with Crippen LogP contribution in [-0.2, 0) is 9.53 Å². The van der Waals surface area contributed by atoms with Gasteiger partial charge in [-0.05, 0) is 76.5 Å². The Balaban J connectivity index is 1.63. The zero-order chi connectivity index (χ0) is 18.0. The molecule has 0 aromatic heterocycles. The van der Waals surface area contributed by atoms with Crippen molar-refractivity contribution in [3.05, 3.63) is 0 Å². The Kier molecular flexibility index (Phi) is 6.39. The molecular weight excluding hydrogens is 298 g/mol. The Morgan fingerprint density at radius 3 is 2.08 bits per heavy atom. The van der Waals surface area contributed by atoms with Gasteiger partial charge >= 0.3 is 0 Å². The Labute approximate surface area is 149 Å². The number of amides is 1. The Bertz CT molecular complexity index is 405. The molecular formula is C21H39NO2. The number of piperidine rings is 1. The molecule has 0 aromatic carbocycles. The second-order valence-corrected chi connectivity index (χ2v) is 10.3. The van der Waals surface area contributed by atoms with Gasteiger partial charge in [0.25, 0.3) is 0 Å². The maximum absolute atomic E-state index is 12.6. The van der Waals surface area contributed by atoms with E-state index in [2.05, 4.69) is 46.4 Å². The first-order chi connectivity index (χ1) is 11.0. The SMILES string of the molecule is CC(C)(C)CC1CC(C(=O)N2CCC(CCOC(C)(C)C)CC2)C1. The van der Waals surface area contributed by atoms with Crippen molar-refractivity contribution in [1.29, 1.82) is 0 Å². The molecule has 0 bridgehead atoms. The van der Waals surface area contributed by atoms with Crippen molar-refractivity contribution in [2.24, 2.45) is 23.2 Å². The lowest BCUT2D eigenvalue weighted by atomic mass is 9.68. The fraction of sp³-hybridized carbons (Fsp3) is 0.952. The Morgan fingerprint density at radius 1 is 1.00 bits per heavy atom. The van der Waals surface area contributed by atoms with Gasteiger partial charge < -0.3 is 9.64 Å². The van der Waals surface area contributed by atoms with Crippen LogP contribution in [0.25, 0.3) is 0 Å². The summed E-state index contributed by atoms with van der Waals surface area (Å²) < 4.78 is 5.84. The van der Waals surface area contributed by atoms with Crippen molar-refractivity contribution >= 4 is 5.91 Å². The first-order valence-corrected chi connectivity index (χ1v) is 9.96. The average Bonchev–Trinajstić information content (AvgIpc) is 2.40.